The molecule has 0 saturated heterocycles. The molecule has 3 heteroatoms. The lowest BCUT2D eigenvalue weighted by molar-refractivity contribution is 0.628. The Morgan fingerprint density at radius 1 is 0.727 bits per heavy atom. The predicted molar refractivity (Wildman–Crippen MR) is 86.8 cm³/mol. The summed E-state index contributed by atoms with van der Waals surface area (Å²) < 4.78 is 26.7. The topological polar surface area (TPSA) is 0 Å². The summed E-state index contributed by atoms with van der Waals surface area (Å²) in [5, 5.41) is 0. The molecule has 0 aromatic heterocycles. The van der Waals surface area contributed by atoms with Gasteiger partial charge in [0, 0.05) is 5.88 Å². The van der Waals surface area contributed by atoms with Crippen LogP contribution in [0.25, 0.3) is 22.3 Å². The Morgan fingerprint density at radius 3 is 2.14 bits per heavy atom. The summed E-state index contributed by atoms with van der Waals surface area (Å²) >= 11 is 6.05. The van der Waals surface area contributed by atoms with E-state index in [0.29, 0.717) is 5.88 Å². The summed E-state index contributed by atoms with van der Waals surface area (Å²) in [6.07, 6.45) is 0. The normalized spacial score (nSPS) is 10.7. The summed E-state index contributed by atoms with van der Waals surface area (Å²) in [6, 6.07) is 18.4. The van der Waals surface area contributed by atoms with E-state index >= 15 is 0 Å². The van der Waals surface area contributed by atoms with Crippen molar-refractivity contribution in [3.8, 4) is 22.3 Å². The van der Waals surface area contributed by atoms with Crippen molar-refractivity contribution >= 4 is 11.6 Å². The highest BCUT2D eigenvalue weighted by molar-refractivity contribution is 6.17. The number of hydrogen-bond acceptors (Lipinski definition) is 0. The van der Waals surface area contributed by atoms with E-state index < -0.39 is 0 Å². The van der Waals surface area contributed by atoms with Gasteiger partial charge in [0.15, 0.2) is 0 Å². The van der Waals surface area contributed by atoms with Gasteiger partial charge in [-0.2, -0.15) is 0 Å². The maximum Gasteiger partial charge on any atom is 0.123 e. The van der Waals surface area contributed by atoms with E-state index in [-0.39, 0.29) is 11.6 Å². The Morgan fingerprint density at radius 2 is 1.45 bits per heavy atom. The lowest BCUT2D eigenvalue weighted by Crippen LogP contribution is -1.92. The van der Waals surface area contributed by atoms with Crippen molar-refractivity contribution in [1.29, 1.82) is 0 Å². The molecule has 0 bridgehead atoms. The molecular weight excluding hydrogens is 302 g/mol. The van der Waals surface area contributed by atoms with Crippen molar-refractivity contribution in [2.75, 3.05) is 0 Å². The second-order valence-corrected chi connectivity index (χ2v) is 5.26. The molecular formula is C19H13ClF2. The van der Waals surface area contributed by atoms with Crippen LogP contribution in [0.2, 0.25) is 0 Å². The fourth-order valence-corrected chi connectivity index (χ4v) is 2.79. The van der Waals surface area contributed by atoms with E-state index in [1.54, 1.807) is 18.2 Å². The van der Waals surface area contributed by atoms with E-state index in [1.807, 2.05) is 24.3 Å². The van der Waals surface area contributed by atoms with Crippen LogP contribution in [-0.4, -0.2) is 0 Å². The number of halogens is 3. The first-order chi connectivity index (χ1) is 10.7. The minimum absolute atomic E-state index is 0.287. The highest BCUT2D eigenvalue weighted by Gasteiger charge is 2.12. The molecule has 0 radical (unpaired) electrons. The zero-order valence-electron chi connectivity index (χ0n) is 11.7. The highest BCUT2D eigenvalue weighted by Crippen LogP contribution is 2.36. The smallest absolute Gasteiger partial charge is 0.123 e. The van der Waals surface area contributed by atoms with E-state index in [9.17, 15) is 8.78 Å². The number of rotatable bonds is 3. The van der Waals surface area contributed by atoms with Crippen molar-refractivity contribution in [3.05, 3.63) is 83.9 Å². The zero-order valence-corrected chi connectivity index (χ0v) is 12.4. The molecule has 0 atom stereocenters. The average Bonchev–Trinajstić information content (AvgIpc) is 2.55. The zero-order chi connectivity index (χ0) is 15.5. The van der Waals surface area contributed by atoms with Gasteiger partial charge in [0.2, 0.25) is 0 Å². The third-order valence-electron chi connectivity index (χ3n) is 3.56. The van der Waals surface area contributed by atoms with Crippen LogP contribution >= 0.6 is 11.6 Å². The van der Waals surface area contributed by atoms with Crippen molar-refractivity contribution < 1.29 is 8.78 Å². The van der Waals surface area contributed by atoms with Crippen LogP contribution in [-0.2, 0) is 5.88 Å². The lowest BCUT2D eigenvalue weighted by Gasteiger charge is -2.14. The second-order valence-electron chi connectivity index (χ2n) is 4.99. The standard InChI is InChI=1S/C19H13ClF2/c20-12-15-4-2-6-18(13-7-9-16(21)10-8-13)19(15)14-3-1-5-17(22)11-14/h1-11H,12H2. The molecule has 0 spiro atoms. The Labute approximate surface area is 133 Å². The van der Waals surface area contributed by atoms with Gasteiger partial charge in [-0.3, -0.25) is 0 Å². The maximum absolute atomic E-state index is 13.6. The summed E-state index contributed by atoms with van der Waals surface area (Å²) in [6.45, 7) is 0. The maximum atomic E-state index is 13.6. The molecule has 0 aliphatic rings. The Bertz CT molecular complexity index is 795. The van der Waals surface area contributed by atoms with Gasteiger partial charge >= 0.3 is 0 Å². The molecule has 0 unspecified atom stereocenters. The van der Waals surface area contributed by atoms with Crippen LogP contribution in [0.15, 0.2) is 66.7 Å². The molecule has 3 aromatic rings. The summed E-state index contributed by atoms with van der Waals surface area (Å²) in [5.74, 6) is -0.266. The van der Waals surface area contributed by atoms with Crippen molar-refractivity contribution in [1.82, 2.24) is 0 Å². The number of benzene rings is 3. The summed E-state index contributed by atoms with van der Waals surface area (Å²) in [4.78, 5) is 0. The Kier molecular flexibility index (Phi) is 4.21. The molecule has 0 saturated carbocycles. The van der Waals surface area contributed by atoms with Gasteiger partial charge in [0.1, 0.15) is 11.6 Å². The highest BCUT2D eigenvalue weighted by atomic mass is 35.5. The van der Waals surface area contributed by atoms with Crippen LogP contribution < -0.4 is 0 Å². The molecule has 110 valence electrons. The molecule has 0 heterocycles. The van der Waals surface area contributed by atoms with Gasteiger partial charge in [-0.05, 0) is 52.1 Å². The van der Waals surface area contributed by atoms with Crippen LogP contribution in [0, 0.1) is 11.6 Å². The molecule has 0 aliphatic heterocycles. The molecule has 0 N–H and O–H groups in total. The van der Waals surface area contributed by atoms with E-state index in [1.165, 1.54) is 24.3 Å². The van der Waals surface area contributed by atoms with Gasteiger partial charge in [-0.1, -0.05) is 42.5 Å². The molecule has 0 fully saturated rings. The first kappa shape index (κ1) is 14.7. The van der Waals surface area contributed by atoms with Crippen molar-refractivity contribution in [2.45, 2.75) is 5.88 Å². The monoisotopic (exact) mass is 314 g/mol. The van der Waals surface area contributed by atoms with Crippen molar-refractivity contribution in [3.63, 3.8) is 0 Å². The molecule has 3 rings (SSSR count). The van der Waals surface area contributed by atoms with Gasteiger partial charge < -0.3 is 0 Å². The third-order valence-corrected chi connectivity index (χ3v) is 3.85. The molecule has 0 amide bonds. The molecule has 3 aromatic carbocycles. The van der Waals surface area contributed by atoms with Crippen LogP contribution in [0.4, 0.5) is 8.78 Å². The largest absolute Gasteiger partial charge is 0.207 e. The number of hydrogen-bond donors (Lipinski definition) is 0. The molecule has 0 nitrogen and oxygen atoms in total. The second kappa shape index (κ2) is 6.29. The SMILES string of the molecule is Fc1ccc(-c2cccc(CCl)c2-c2cccc(F)c2)cc1. The first-order valence-corrected chi connectivity index (χ1v) is 7.42. The van der Waals surface area contributed by atoms with Crippen LogP contribution in [0.1, 0.15) is 5.56 Å². The van der Waals surface area contributed by atoms with Crippen LogP contribution in [0.5, 0.6) is 0 Å². The summed E-state index contributed by atoms with van der Waals surface area (Å²) in [5.41, 5.74) is 4.32. The quantitative estimate of drug-likeness (QED) is 0.517. The van der Waals surface area contributed by atoms with Gasteiger partial charge in [0.25, 0.3) is 0 Å². The minimum Gasteiger partial charge on any atom is -0.207 e. The summed E-state index contributed by atoms with van der Waals surface area (Å²) in [7, 11) is 0. The fourth-order valence-electron chi connectivity index (χ4n) is 2.57. The molecule has 0 aliphatic carbocycles. The van der Waals surface area contributed by atoms with Gasteiger partial charge in [-0.25, -0.2) is 8.78 Å². The molecule has 22 heavy (non-hydrogen) atoms. The van der Waals surface area contributed by atoms with E-state index in [2.05, 4.69) is 0 Å². The van der Waals surface area contributed by atoms with Crippen molar-refractivity contribution in [2.24, 2.45) is 0 Å². The number of alkyl halides is 1. The average molecular weight is 315 g/mol. The predicted octanol–water partition coefficient (Wildman–Crippen LogP) is 6.04. The third kappa shape index (κ3) is 2.88. The van der Waals surface area contributed by atoms with Crippen LogP contribution in [0.3, 0.4) is 0 Å². The lowest BCUT2D eigenvalue weighted by atomic mass is 9.91. The minimum atomic E-state index is -0.299. The van der Waals surface area contributed by atoms with Gasteiger partial charge in [0.05, 0.1) is 0 Å². The fraction of sp³-hybridized carbons (Fsp3) is 0.0526. The first-order valence-electron chi connectivity index (χ1n) is 6.89. The Hall–Kier alpha value is -2.19. The Balaban J connectivity index is 2.25. The van der Waals surface area contributed by atoms with E-state index in [4.69, 9.17) is 11.6 Å². The van der Waals surface area contributed by atoms with E-state index in [0.717, 1.165) is 27.8 Å². The van der Waals surface area contributed by atoms with Gasteiger partial charge in [-0.15, -0.1) is 11.6 Å².